The highest BCUT2D eigenvalue weighted by Crippen LogP contribution is 2.23. The van der Waals surface area contributed by atoms with Crippen LogP contribution in [0.15, 0.2) is 18.2 Å². The van der Waals surface area contributed by atoms with Gasteiger partial charge in [0.1, 0.15) is 5.41 Å². The van der Waals surface area contributed by atoms with Gasteiger partial charge in [0, 0.05) is 5.56 Å². The molecule has 5 heteroatoms. The van der Waals surface area contributed by atoms with Crippen LogP contribution in [-0.2, 0) is 4.79 Å². The largest absolute Gasteiger partial charge is 0.481 e. The first kappa shape index (κ1) is 12.3. The standard InChI is InChI=1S/C11H10F2O3/c1-11(2,10(15)16)9(14)6-3-4-7(12)8(13)5-6/h3-5H,1-2H3,(H,15,16). The van der Waals surface area contributed by atoms with Crippen molar-refractivity contribution in [2.24, 2.45) is 5.41 Å². The number of carboxylic acid groups (broad SMARTS) is 1. The zero-order valence-electron chi connectivity index (χ0n) is 8.75. The van der Waals surface area contributed by atoms with Crippen molar-refractivity contribution in [1.29, 1.82) is 0 Å². The number of ketones is 1. The lowest BCUT2D eigenvalue weighted by molar-refractivity contribution is -0.144. The topological polar surface area (TPSA) is 54.4 Å². The van der Waals surface area contributed by atoms with Crippen molar-refractivity contribution >= 4 is 11.8 Å². The molecule has 1 aromatic rings. The maximum Gasteiger partial charge on any atom is 0.316 e. The second-order valence-corrected chi connectivity index (χ2v) is 3.89. The van der Waals surface area contributed by atoms with Crippen molar-refractivity contribution in [3.63, 3.8) is 0 Å². The van der Waals surface area contributed by atoms with Crippen LogP contribution >= 0.6 is 0 Å². The van der Waals surface area contributed by atoms with Gasteiger partial charge in [-0.15, -0.1) is 0 Å². The Bertz CT molecular complexity index is 453. The number of Topliss-reactive ketones (excluding diaryl/α,β-unsaturated/α-hetero) is 1. The van der Waals surface area contributed by atoms with Crippen molar-refractivity contribution in [2.75, 3.05) is 0 Å². The normalized spacial score (nSPS) is 11.2. The van der Waals surface area contributed by atoms with Crippen LogP contribution in [0.2, 0.25) is 0 Å². The molecule has 0 aromatic heterocycles. The molecular weight excluding hydrogens is 218 g/mol. The van der Waals surface area contributed by atoms with Crippen molar-refractivity contribution < 1.29 is 23.5 Å². The summed E-state index contributed by atoms with van der Waals surface area (Å²) in [6.45, 7) is 2.41. The van der Waals surface area contributed by atoms with E-state index in [0.717, 1.165) is 12.1 Å². The van der Waals surface area contributed by atoms with E-state index in [-0.39, 0.29) is 5.56 Å². The number of carbonyl (C=O) groups excluding carboxylic acids is 1. The molecule has 0 aliphatic heterocycles. The summed E-state index contributed by atoms with van der Waals surface area (Å²) in [6.07, 6.45) is 0. The predicted octanol–water partition coefficient (Wildman–Crippen LogP) is 2.26. The molecule has 0 amide bonds. The van der Waals surface area contributed by atoms with Crippen molar-refractivity contribution in [1.82, 2.24) is 0 Å². The number of rotatable bonds is 3. The molecule has 3 nitrogen and oxygen atoms in total. The first-order valence-corrected chi connectivity index (χ1v) is 4.50. The molecule has 0 bridgehead atoms. The lowest BCUT2D eigenvalue weighted by Crippen LogP contribution is -2.33. The predicted molar refractivity (Wildman–Crippen MR) is 52.1 cm³/mol. The number of benzene rings is 1. The fourth-order valence-electron chi connectivity index (χ4n) is 1.10. The number of carbonyl (C=O) groups is 2. The Balaban J connectivity index is 3.15. The Morgan fingerprint density at radius 2 is 1.75 bits per heavy atom. The quantitative estimate of drug-likeness (QED) is 0.637. The minimum Gasteiger partial charge on any atom is -0.481 e. The highest BCUT2D eigenvalue weighted by Gasteiger charge is 2.36. The van der Waals surface area contributed by atoms with Crippen LogP contribution in [0.1, 0.15) is 24.2 Å². The summed E-state index contributed by atoms with van der Waals surface area (Å²) in [6, 6.07) is 2.55. The Labute approximate surface area is 90.7 Å². The first-order valence-electron chi connectivity index (χ1n) is 4.50. The highest BCUT2D eigenvalue weighted by atomic mass is 19.2. The van der Waals surface area contributed by atoms with Crippen LogP contribution in [0.5, 0.6) is 0 Å². The fourth-order valence-corrected chi connectivity index (χ4v) is 1.10. The summed E-state index contributed by atoms with van der Waals surface area (Å²) in [4.78, 5) is 22.5. The zero-order valence-corrected chi connectivity index (χ0v) is 8.75. The van der Waals surface area contributed by atoms with Crippen molar-refractivity contribution in [3.05, 3.63) is 35.4 Å². The smallest absolute Gasteiger partial charge is 0.316 e. The third-order valence-corrected chi connectivity index (χ3v) is 2.28. The average molecular weight is 228 g/mol. The van der Waals surface area contributed by atoms with E-state index in [1.807, 2.05) is 0 Å². The Kier molecular flexibility index (Phi) is 3.07. The molecule has 0 heterocycles. The van der Waals surface area contributed by atoms with Gasteiger partial charge in [0.05, 0.1) is 0 Å². The molecule has 1 aromatic carbocycles. The molecule has 16 heavy (non-hydrogen) atoms. The number of halogens is 2. The van der Waals surface area contributed by atoms with Gasteiger partial charge >= 0.3 is 5.97 Å². The van der Waals surface area contributed by atoms with Gasteiger partial charge in [-0.05, 0) is 32.0 Å². The zero-order chi connectivity index (χ0) is 12.5. The third kappa shape index (κ3) is 2.08. The molecule has 0 spiro atoms. The van der Waals surface area contributed by atoms with E-state index >= 15 is 0 Å². The van der Waals surface area contributed by atoms with Gasteiger partial charge in [0.25, 0.3) is 0 Å². The molecule has 0 saturated heterocycles. The molecule has 1 rings (SSSR count). The monoisotopic (exact) mass is 228 g/mol. The van der Waals surface area contributed by atoms with Crippen LogP contribution in [0.4, 0.5) is 8.78 Å². The van der Waals surface area contributed by atoms with Crippen LogP contribution in [0.3, 0.4) is 0 Å². The van der Waals surface area contributed by atoms with Crippen molar-refractivity contribution in [2.45, 2.75) is 13.8 Å². The molecule has 0 atom stereocenters. The molecule has 0 radical (unpaired) electrons. The molecule has 1 N–H and O–H groups in total. The van der Waals surface area contributed by atoms with E-state index in [2.05, 4.69) is 0 Å². The van der Waals surface area contributed by atoms with E-state index in [1.54, 1.807) is 0 Å². The summed E-state index contributed by atoms with van der Waals surface area (Å²) in [5.41, 5.74) is -1.82. The van der Waals surface area contributed by atoms with E-state index in [1.165, 1.54) is 13.8 Å². The van der Waals surface area contributed by atoms with Gasteiger partial charge in [-0.25, -0.2) is 8.78 Å². The molecule has 0 unspecified atom stereocenters. The van der Waals surface area contributed by atoms with Crippen LogP contribution < -0.4 is 0 Å². The summed E-state index contributed by atoms with van der Waals surface area (Å²) in [7, 11) is 0. The van der Waals surface area contributed by atoms with E-state index in [4.69, 9.17) is 5.11 Å². The molecule has 0 fully saturated rings. The number of aliphatic carboxylic acids is 1. The van der Waals surface area contributed by atoms with Crippen LogP contribution in [-0.4, -0.2) is 16.9 Å². The SMILES string of the molecule is CC(C)(C(=O)O)C(=O)c1ccc(F)c(F)c1. The molecule has 86 valence electrons. The molecule has 0 aliphatic carbocycles. The maximum absolute atomic E-state index is 12.9. The van der Waals surface area contributed by atoms with Crippen LogP contribution in [0.25, 0.3) is 0 Å². The van der Waals surface area contributed by atoms with Gasteiger partial charge in [-0.1, -0.05) is 0 Å². The first-order chi connectivity index (χ1) is 7.26. The van der Waals surface area contributed by atoms with Crippen molar-refractivity contribution in [3.8, 4) is 0 Å². The summed E-state index contributed by atoms with van der Waals surface area (Å²) in [5.74, 6) is -4.34. The Hall–Kier alpha value is -1.78. The van der Waals surface area contributed by atoms with Gasteiger partial charge in [0.2, 0.25) is 0 Å². The number of hydrogen-bond donors (Lipinski definition) is 1. The Morgan fingerprint density at radius 1 is 1.19 bits per heavy atom. The lowest BCUT2D eigenvalue weighted by Gasteiger charge is -2.17. The summed E-state index contributed by atoms with van der Waals surface area (Å²) < 4.78 is 25.5. The second kappa shape index (κ2) is 4.00. The van der Waals surface area contributed by atoms with Gasteiger partial charge < -0.3 is 5.11 Å². The van der Waals surface area contributed by atoms with Gasteiger partial charge in [-0.2, -0.15) is 0 Å². The highest BCUT2D eigenvalue weighted by molar-refractivity contribution is 6.11. The third-order valence-electron chi connectivity index (χ3n) is 2.28. The molecule has 0 aliphatic rings. The van der Waals surface area contributed by atoms with E-state index in [9.17, 15) is 18.4 Å². The van der Waals surface area contributed by atoms with Gasteiger partial charge in [0.15, 0.2) is 17.4 Å². The van der Waals surface area contributed by atoms with E-state index < -0.39 is 28.8 Å². The Morgan fingerprint density at radius 3 is 2.19 bits per heavy atom. The molecule has 0 saturated carbocycles. The maximum atomic E-state index is 12.9. The van der Waals surface area contributed by atoms with Crippen LogP contribution in [0, 0.1) is 17.0 Å². The number of hydrogen-bond acceptors (Lipinski definition) is 2. The minimum absolute atomic E-state index is 0.161. The average Bonchev–Trinajstić information content (AvgIpc) is 2.20. The summed E-state index contributed by atoms with van der Waals surface area (Å²) in [5, 5.41) is 8.81. The van der Waals surface area contributed by atoms with E-state index in [0.29, 0.717) is 6.07 Å². The summed E-state index contributed by atoms with van der Waals surface area (Å²) >= 11 is 0. The fraction of sp³-hybridized carbons (Fsp3) is 0.273. The molecular formula is C11H10F2O3. The minimum atomic E-state index is -1.66. The lowest BCUT2D eigenvalue weighted by atomic mass is 9.84. The second-order valence-electron chi connectivity index (χ2n) is 3.89. The van der Waals surface area contributed by atoms with Gasteiger partial charge in [-0.3, -0.25) is 9.59 Å². The number of carboxylic acids is 1.